The van der Waals surface area contributed by atoms with Gasteiger partial charge < -0.3 is 9.80 Å². The number of benzene rings is 1. The lowest BCUT2D eigenvalue weighted by Gasteiger charge is -2.20. The zero-order chi connectivity index (χ0) is 13.9. The Hall–Kier alpha value is -2.61. The lowest BCUT2D eigenvalue weighted by atomic mass is 10.2. The summed E-state index contributed by atoms with van der Waals surface area (Å²) in [4.78, 5) is 12.6. The maximum Gasteiger partial charge on any atom is 0.138 e. The van der Waals surface area contributed by atoms with Crippen molar-refractivity contribution < 1.29 is 0 Å². The van der Waals surface area contributed by atoms with E-state index in [1.54, 1.807) is 6.33 Å². The second-order valence-corrected chi connectivity index (χ2v) is 4.78. The molecule has 0 spiro atoms. The van der Waals surface area contributed by atoms with E-state index in [-0.39, 0.29) is 0 Å². The first-order valence-corrected chi connectivity index (χ1v) is 6.55. The largest absolute Gasteiger partial charge is 0.346 e. The quantitative estimate of drug-likeness (QED) is 0.796. The molecule has 0 bridgehead atoms. The molecule has 0 atom stereocenters. The molecule has 0 fully saturated rings. The van der Waals surface area contributed by atoms with Gasteiger partial charge in [-0.15, -0.1) is 0 Å². The van der Waals surface area contributed by atoms with Gasteiger partial charge in [0.1, 0.15) is 24.5 Å². The minimum atomic E-state index is 0.313. The van der Waals surface area contributed by atoms with Crippen LogP contribution in [-0.4, -0.2) is 30.1 Å². The van der Waals surface area contributed by atoms with Gasteiger partial charge in [0.15, 0.2) is 0 Å². The molecule has 0 radical (unpaired) electrons. The van der Waals surface area contributed by atoms with E-state index in [0.717, 1.165) is 24.6 Å². The summed E-state index contributed by atoms with van der Waals surface area (Å²) in [5.74, 6) is 1.64. The van der Waals surface area contributed by atoms with Gasteiger partial charge in [0.2, 0.25) is 0 Å². The average molecular weight is 265 g/mol. The van der Waals surface area contributed by atoms with Gasteiger partial charge in [0, 0.05) is 25.3 Å². The summed E-state index contributed by atoms with van der Waals surface area (Å²) in [5, 5.41) is 8.76. The van der Waals surface area contributed by atoms with Gasteiger partial charge in [-0.3, -0.25) is 0 Å². The number of hydrogen-bond acceptors (Lipinski definition) is 5. The number of fused-ring (bicyclic) bond motifs is 1. The summed E-state index contributed by atoms with van der Waals surface area (Å²) in [5.41, 5.74) is 2.55. The third kappa shape index (κ3) is 2.16. The first-order valence-electron chi connectivity index (χ1n) is 6.55. The zero-order valence-corrected chi connectivity index (χ0v) is 11.3. The molecule has 5 heteroatoms. The highest BCUT2D eigenvalue weighted by Gasteiger charge is 2.21. The van der Waals surface area contributed by atoms with Crippen molar-refractivity contribution in [2.45, 2.75) is 6.42 Å². The number of nitrogens with zero attached hydrogens (tertiary/aromatic N) is 5. The summed E-state index contributed by atoms with van der Waals surface area (Å²) < 4.78 is 0. The lowest BCUT2D eigenvalue weighted by Crippen LogP contribution is -2.20. The molecular formula is C15H15N5. The molecule has 0 aliphatic carbocycles. The Balaban J connectivity index is 1.93. The van der Waals surface area contributed by atoms with Crippen LogP contribution in [0.4, 0.5) is 17.3 Å². The van der Waals surface area contributed by atoms with E-state index in [1.807, 2.05) is 24.1 Å². The summed E-state index contributed by atoms with van der Waals surface area (Å²) in [6.45, 7) is 1.24. The number of hydrogen-bond donors (Lipinski definition) is 0. The molecule has 5 nitrogen and oxygen atoms in total. The molecule has 0 unspecified atom stereocenters. The van der Waals surface area contributed by atoms with Crippen molar-refractivity contribution >= 4 is 17.3 Å². The highest BCUT2D eigenvalue weighted by atomic mass is 15.2. The fourth-order valence-corrected chi connectivity index (χ4v) is 2.46. The van der Waals surface area contributed by atoms with Gasteiger partial charge in [-0.1, -0.05) is 18.2 Å². The van der Waals surface area contributed by atoms with Crippen LogP contribution in [0.25, 0.3) is 0 Å². The number of rotatable bonds is 3. The number of para-hydroxylation sites is 1. The van der Waals surface area contributed by atoms with Crippen LogP contribution in [0.5, 0.6) is 0 Å². The molecule has 1 aromatic carbocycles. The van der Waals surface area contributed by atoms with Crippen LogP contribution in [0, 0.1) is 11.3 Å². The Kier molecular flexibility index (Phi) is 3.21. The van der Waals surface area contributed by atoms with Crippen LogP contribution in [-0.2, 0) is 6.42 Å². The van der Waals surface area contributed by atoms with Crippen LogP contribution < -0.4 is 9.80 Å². The predicted octanol–water partition coefficient (Wildman–Crippen LogP) is 2.13. The normalized spacial score (nSPS) is 12.9. The molecule has 20 heavy (non-hydrogen) atoms. The van der Waals surface area contributed by atoms with Gasteiger partial charge in [-0.2, -0.15) is 5.26 Å². The van der Waals surface area contributed by atoms with Gasteiger partial charge in [0.25, 0.3) is 0 Å². The Morgan fingerprint density at radius 3 is 3.05 bits per heavy atom. The molecule has 2 aromatic rings. The maximum atomic E-state index is 8.76. The van der Waals surface area contributed by atoms with Crippen LogP contribution >= 0.6 is 0 Å². The third-order valence-corrected chi connectivity index (χ3v) is 3.50. The van der Waals surface area contributed by atoms with Gasteiger partial charge in [-0.05, 0) is 18.1 Å². The van der Waals surface area contributed by atoms with Crippen molar-refractivity contribution in [1.82, 2.24) is 9.97 Å². The van der Waals surface area contributed by atoms with Crippen molar-refractivity contribution in [3.8, 4) is 6.07 Å². The summed E-state index contributed by atoms with van der Waals surface area (Å²) in [6, 6.07) is 12.4. The Labute approximate surface area is 118 Å². The topological polar surface area (TPSA) is 56.1 Å². The highest BCUT2D eigenvalue weighted by molar-refractivity contribution is 5.68. The monoisotopic (exact) mass is 265 g/mol. The molecule has 1 aromatic heterocycles. The summed E-state index contributed by atoms with van der Waals surface area (Å²) in [6.07, 6.45) is 2.59. The lowest BCUT2D eigenvalue weighted by molar-refractivity contribution is 0.940. The van der Waals surface area contributed by atoms with E-state index in [1.165, 1.54) is 11.3 Å². The van der Waals surface area contributed by atoms with E-state index in [9.17, 15) is 0 Å². The molecule has 0 saturated heterocycles. The van der Waals surface area contributed by atoms with E-state index >= 15 is 0 Å². The zero-order valence-electron chi connectivity index (χ0n) is 11.3. The summed E-state index contributed by atoms with van der Waals surface area (Å²) in [7, 11) is 1.85. The minimum absolute atomic E-state index is 0.313. The first kappa shape index (κ1) is 12.4. The Bertz CT molecular complexity index is 661. The average Bonchev–Trinajstić information content (AvgIpc) is 2.91. The number of nitriles is 1. The molecule has 0 saturated carbocycles. The highest BCUT2D eigenvalue weighted by Crippen LogP contribution is 2.33. The van der Waals surface area contributed by atoms with Crippen molar-refractivity contribution in [1.29, 1.82) is 5.26 Å². The number of aromatic nitrogens is 2. The smallest absolute Gasteiger partial charge is 0.138 e. The second kappa shape index (κ2) is 5.17. The van der Waals surface area contributed by atoms with Crippen molar-refractivity contribution in [3.63, 3.8) is 0 Å². The fourth-order valence-electron chi connectivity index (χ4n) is 2.46. The predicted molar refractivity (Wildman–Crippen MR) is 78.1 cm³/mol. The van der Waals surface area contributed by atoms with E-state index in [4.69, 9.17) is 5.26 Å². The first-order chi connectivity index (χ1) is 9.79. The van der Waals surface area contributed by atoms with Crippen LogP contribution in [0.1, 0.15) is 5.56 Å². The van der Waals surface area contributed by atoms with E-state index < -0.39 is 0 Å². The minimum Gasteiger partial charge on any atom is -0.346 e. The van der Waals surface area contributed by atoms with Gasteiger partial charge in [0.05, 0.1) is 6.07 Å². The molecule has 100 valence electrons. The number of anilines is 3. The summed E-state index contributed by atoms with van der Waals surface area (Å²) >= 11 is 0. The van der Waals surface area contributed by atoms with E-state index in [2.05, 4.69) is 39.1 Å². The van der Waals surface area contributed by atoms with Crippen LogP contribution in [0.15, 0.2) is 36.7 Å². The van der Waals surface area contributed by atoms with Crippen molar-refractivity contribution in [2.24, 2.45) is 0 Å². The maximum absolute atomic E-state index is 8.76. The molecular weight excluding hydrogens is 250 g/mol. The second-order valence-electron chi connectivity index (χ2n) is 4.78. The molecule has 3 rings (SSSR count). The molecule has 0 N–H and O–H groups in total. The van der Waals surface area contributed by atoms with Crippen LogP contribution in [0.2, 0.25) is 0 Å². The SMILES string of the molecule is CN(CC#N)c1cc(N2CCc3ccccc32)ncn1. The van der Waals surface area contributed by atoms with E-state index in [0.29, 0.717) is 6.54 Å². The van der Waals surface area contributed by atoms with Crippen molar-refractivity contribution in [3.05, 3.63) is 42.2 Å². The fraction of sp³-hybridized carbons (Fsp3) is 0.267. The van der Waals surface area contributed by atoms with Gasteiger partial charge >= 0.3 is 0 Å². The molecule has 0 amide bonds. The van der Waals surface area contributed by atoms with Crippen LogP contribution in [0.3, 0.4) is 0 Å². The standard InChI is InChI=1S/C15H15N5/c1-19(9-7-16)14-10-15(18-11-17-14)20-8-6-12-4-2-3-5-13(12)20/h2-5,10-11H,6,8-9H2,1H3. The Morgan fingerprint density at radius 1 is 1.35 bits per heavy atom. The van der Waals surface area contributed by atoms with Gasteiger partial charge in [-0.25, -0.2) is 9.97 Å². The third-order valence-electron chi connectivity index (χ3n) is 3.50. The molecule has 2 heterocycles. The van der Waals surface area contributed by atoms with Crippen molar-refractivity contribution in [2.75, 3.05) is 29.9 Å². The molecule has 1 aliphatic heterocycles. The Morgan fingerprint density at radius 2 is 2.20 bits per heavy atom. The molecule has 1 aliphatic rings.